The molecule has 1 unspecified atom stereocenters. The first-order valence-corrected chi connectivity index (χ1v) is 11.0. The van der Waals surface area contributed by atoms with Crippen molar-refractivity contribution >= 4 is 33.7 Å². The number of esters is 2. The van der Waals surface area contributed by atoms with Crippen molar-refractivity contribution in [2.75, 3.05) is 18.6 Å². The number of benzene rings is 2. The average molecular weight is 427 g/mol. The van der Waals surface area contributed by atoms with Crippen LogP contribution in [-0.4, -0.2) is 35.1 Å². The minimum atomic E-state index is -0.719. The third-order valence-electron chi connectivity index (χ3n) is 4.55. The molecule has 7 nitrogen and oxygen atoms in total. The minimum Gasteiger partial charge on any atom is -0.868 e. The van der Waals surface area contributed by atoms with E-state index in [0.29, 0.717) is 16.7 Å². The summed E-state index contributed by atoms with van der Waals surface area (Å²) in [5, 5.41) is 13.3. The van der Waals surface area contributed by atoms with Gasteiger partial charge < -0.3 is 19.1 Å². The number of hydrogen-bond donors (Lipinski definition) is 0. The molecule has 0 amide bonds. The van der Waals surface area contributed by atoms with Crippen molar-refractivity contribution in [3.63, 3.8) is 0 Å². The Balaban J connectivity index is 1.75. The maximum Gasteiger partial charge on any atom is 0.342 e. The van der Waals surface area contributed by atoms with Gasteiger partial charge in [-0.1, -0.05) is 30.3 Å². The van der Waals surface area contributed by atoms with Crippen LogP contribution in [0.3, 0.4) is 0 Å². The quantitative estimate of drug-likeness (QED) is 0.339. The number of carbonyl (C=O) groups is 2. The first kappa shape index (κ1) is 21.4. The Morgan fingerprint density at radius 2 is 1.77 bits per heavy atom. The van der Waals surface area contributed by atoms with Gasteiger partial charge in [-0.15, -0.1) is 0 Å². The van der Waals surface area contributed by atoms with Crippen molar-refractivity contribution in [3.05, 3.63) is 64.4 Å². The Morgan fingerprint density at radius 3 is 2.50 bits per heavy atom. The molecule has 3 rings (SSSR count). The summed E-state index contributed by atoms with van der Waals surface area (Å²) < 4.78 is 11.8. The van der Waals surface area contributed by atoms with E-state index < -0.39 is 22.8 Å². The summed E-state index contributed by atoms with van der Waals surface area (Å²) in [4.78, 5) is 36.5. The molecule has 0 aliphatic rings. The molecule has 0 aliphatic carbocycles. The van der Waals surface area contributed by atoms with Gasteiger partial charge in [-0.2, -0.15) is 0 Å². The number of aryl methyl sites for hydroxylation is 1. The second kappa shape index (κ2) is 9.04. The van der Waals surface area contributed by atoms with Crippen LogP contribution in [0.5, 0.6) is 11.5 Å². The average Bonchev–Trinajstić information content (AvgIpc) is 2.72. The molecule has 0 aliphatic heterocycles. The lowest BCUT2D eigenvalue weighted by molar-refractivity contribution is -0.270. The molecule has 156 valence electrons. The number of hydrogen-bond acceptors (Lipinski definition) is 6. The topological polar surface area (TPSA) is 97.7 Å². The predicted octanol–water partition coefficient (Wildman–Crippen LogP) is 2.00. The van der Waals surface area contributed by atoms with Crippen molar-refractivity contribution in [1.29, 1.82) is 0 Å². The van der Waals surface area contributed by atoms with Gasteiger partial charge in [0, 0.05) is 24.9 Å². The summed E-state index contributed by atoms with van der Waals surface area (Å²) in [6, 6.07) is 13.3. The van der Waals surface area contributed by atoms with E-state index in [1.807, 2.05) is 0 Å². The Hall–Kier alpha value is -3.26. The zero-order valence-corrected chi connectivity index (χ0v) is 17.7. The van der Waals surface area contributed by atoms with E-state index in [2.05, 4.69) is 0 Å². The SMILES string of the molecule is CC(=O)Oc1ccccc1C(=O)OCC[S+](C)c1c([O-])c2ccccc2n(C)c1=O. The van der Waals surface area contributed by atoms with Gasteiger partial charge in [0.1, 0.15) is 29.9 Å². The number of pyridine rings is 1. The van der Waals surface area contributed by atoms with Crippen molar-refractivity contribution in [3.8, 4) is 11.5 Å². The van der Waals surface area contributed by atoms with E-state index in [-0.39, 0.29) is 34.1 Å². The number of nitrogens with zero attached hydrogens (tertiary/aromatic N) is 1. The molecule has 1 atom stereocenters. The fraction of sp³-hybridized carbons (Fsp3) is 0.227. The van der Waals surface area contributed by atoms with Gasteiger partial charge in [0.25, 0.3) is 0 Å². The summed E-state index contributed by atoms with van der Waals surface area (Å²) >= 11 is 0. The van der Waals surface area contributed by atoms with Crippen molar-refractivity contribution in [2.24, 2.45) is 7.05 Å². The van der Waals surface area contributed by atoms with E-state index >= 15 is 0 Å². The number of para-hydroxylation sites is 2. The van der Waals surface area contributed by atoms with Gasteiger partial charge >= 0.3 is 17.5 Å². The van der Waals surface area contributed by atoms with Crippen molar-refractivity contribution in [2.45, 2.75) is 11.8 Å². The highest BCUT2D eigenvalue weighted by Crippen LogP contribution is 2.27. The first-order valence-electron chi connectivity index (χ1n) is 9.17. The molecule has 0 bridgehead atoms. The van der Waals surface area contributed by atoms with E-state index in [9.17, 15) is 19.5 Å². The zero-order valence-electron chi connectivity index (χ0n) is 16.8. The van der Waals surface area contributed by atoms with E-state index in [4.69, 9.17) is 9.47 Å². The molecular weight excluding hydrogens is 406 g/mol. The van der Waals surface area contributed by atoms with Crippen LogP contribution in [0.25, 0.3) is 10.9 Å². The minimum absolute atomic E-state index is 0.0161. The van der Waals surface area contributed by atoms with Crippen LogP contribution >= 0.6 is 0 Å². The second-order valence-electron chi connectivity index (χ2n) is 6.61. The molecule has 0 saturated heterocycles. The molecule has 0 N–H and O–H groups in total. The first-order chi connectivity index (χ1) is 14.3. The predicted molar refractivity (Wildman–Crippen MR) is 113 cm³/mol. The van der Waals surface area contributed by atoms with Gasteiger partial charge in [0.05, 0.1) is 5.52 Å². The summed E-state index contributed by atoms with van der Waals surface area (Å²) in [5.74, 6) is -1.02. The van der Waals surface area contributed by atoms with E-state index in [1.54, 1.807) is 49.7 Å². The zero-order chi connectivity index (χ0) is 21.8. The Kier molecular flexibility index (Phi) is 6.47. The van der Waals surface area contributed by atoms with Crippen molar-refractivity contribution in [1.82, 2.24) is 4.57 Å². The molecule has 0 fully saturated rings. The maximum atomic E-state index is 12.8. The van der Waals surface area contributed by atoms with Gasteiger partial charge in [-0.3, -0.25) is 9.59 Å². The summed E-state index contributed by atoms with van der Waals surface area (Å²) in [7, 11) is 0.917. The normalized spacial score (nSPS) is 11.8. The largest absolute Gasteiger partial charge is 0.868 e. The van der Waals surface area contributed by atoms with Crippen LogP contribution in [-0.2, 0) is 27.5 Å². The number of fused-ring (bicyclic) bond motifs is 1. The smallest absolute Gasteiger partial charge is 0.342 e. The van der Waals surface area contributed by atoms with Crippen molar-refractivity contribution < 1.29 is 24.2 Å². The highest BCUT2D eigenvalue weighted by atomic mass is 32.2. The monoisotopic (exact) mass is 427 g/mol. The summed E-state index contributed by atoms with van der Waals surface area (Å²) in [6.07, 6.45) is 1.79. The fourth-order valence-corrected chi connectivity index (χ4v) is 4.46. The third-order valence-corrected chi connectivity index (χ3v) is 6.38. The van der Waals surface area contributed by atoms with Crippen LogP contribution < -0.4 is 15.4 Å². The molecule has 0 spiro atoms. The number of ether oxygens (including phenoxy) is 2. The number of carbonyl (C=O) groups excluding carboxylic acids is 2. The lowest BCUT2D eigenvalue weighted by atomic mass is 10.2. The maximum absolute atomic E-state index is 12.8. The van der Waals surface area contributed by atoms with Gasteiger partial charge in [-0.05, 0) is 29.3 Å². The third kappa shape index (κ3) is 4.33. The summed E-state index contributed by atoms with van der Waals surface area (Å²) in [5.41, 5.74) is 0.382. The number of aromatic nitrogens is 1. The van der Waals surface area contributed by atoms with Crippen LogP contribution in [0.4, 0.5) is 0 Å². The lowest BCUT2D eigenvalue weighted by Gasteiger charge is -2.17. The molecule has 1 heterocycles. The molecule has 3 aromatic rings. The highest BCUT2D eigenvalue weighted by Gasteiger charge is 2.25. The van der Waals surface area contributed by atoms with E-state index in [0.717, 1.165) is 0 Å². The Bertz CT molecular complexity index is 1170. The van der Waals surface area contributed by atoms with E-state index in [1.165, 1.54) is 23.6 Å². The van der Waals surface area contributed by atoms with Gasteiger partial charge in [0.15, 0.2) is 0 Å². The molecule has 8 heteroatoms. The lowest BCUT2D eigenvalue weighted by Crippen LogP contribution is -2.28. The molecule has 0 saturated carbocycles. The standard InChI is InChI=1S/C22H21NO6S/c1-14(24)29-18-11-7-5-9-16(18)22(27)28-12-13-30(3)20-19(25)15-8-4-6-10-17(15)23(2)21(20)26/h4-11H,12-13H2,1-3H3. The van der Waals surface area contributed by atoms with Gasteiger partial charge in [-0.25, -0.2) is 4.79 Å². The molecule has 0 radical (unpaired) electrons. The summed E-state index contributed by atoms with van der Waals surface area (Å²) in [6.45, 7) is 1.26. The van der Waals surface area contributed by atoms with Crippen LogP contribution in [0, 0.1) is 0 Å². The Morgan fingerprint density at radius 1 is 1.10 bits per heavy atom. The molecule has 1 aromatic heterocycles. The molecular formula is C22H21NO6S. The molecule has 30 heavy (non-hydrogen) atoms. The molecule has 2 aromatic carbocycles. The highest BCUT2D eigenvalue weighted by molar-refractivity contribution is 7.96. The number of rotatable bonds is 6. The fourth-order valence-electron chi connectivity index (χ4n) is 3.06. The van der Waals surface area contributed by atoms with Crippen LogP contribution in [0.2, 0.25) is 0 Å². The van der Waals surface area contributed by atoms with Crippen LogP contribution in [0.1, 0.15) is 17.3 Å². The van der Waals surface area contributed by atoms with Crippen LogP contribution in [0.15, 0.2) is 58.2 Å². The second-order valence-corrected chi connectivity index (χ2v) is 8.70. The van der Waals surface area contributed by atoms with Gasteiger partial charge in [0.2, 0.25) is 4.90 Å². The Labute approximate surface area is 176 Å².